The van der Waals surface area contributed by atoms with Gasteiger partial charge < -0.3 is 0 Å². The molecule has 2 nitrogen and oxygen atoms in total. The van der Waals surface area contributed by atoms with Crippen molar-refractivity contribution < 1.29 is 0 Å². The van der Waals surface area contributed by atoms with Crippen LogP contribution in [0.5, 0.6) is 0 Å². The van der Waals surface area contributed by atoms with Crippen molar-refractivity contribution in [2.24, 2.45) is 5.41 Å². The number of hydrogen-bond donors (Lipinski definition) is 0. The highest BCUT2D eigenvalue weighted by atomic mass is 15.2. The van der Waals surface area contributed by atoms with E-state index < -0.39 is 0 Å². The van der Waals surface area contributed by atoms with Crippen LogP contribution in [0.25, 0.3) is 0 Å². The predicted molar refractivity (Wildman–Crippen MR) is 61.4 cm³/mol. The molecule has 1 heterocycles. The highest BCUT2D eigenvalue weighted by Crippen LogP contribution is 2.50. The molecule has 0 N–H and O–H groups in total. The first-order valence-corrected chi connectivity index (χ1v) is 6.33. The topological polar surface area (TPSA) is 27.0 Å². The van der Waals surface area contributed by atoms with E-state index in [0.717, 1.165) is 18.5 Å². The average molecular weight is 206 g/mol. The zero-order chi connectivity index (χ0) is 10.9. The lowest BCUT2D eigenvalue weighted by Gasteiger charge is -2.31. The van der Waals surface area contributed by atoms with Crippen LogP contribution in [0.4, 0.5) is 0 Å². The van der Waals surface area contributed by atoms with Gasteiger partial charge >= 0.3 is 0 Å². The second-order valence-electron chi connectivity index (χ2n) is 5.50. The molecule has 0 bridgehead atoms. The van der Waals surface area contributed by atoms with Gasteiger partial charge in [-0.15, -0.1) is 0 Å². The van der Waals surface area contributed by atoms with Crippen LogP contribution >= 0.6 is 0 Å². The van der Waals surface area contributed by atoms with Gasteiger partial charge in [-0.25, -0.2) is 0 Å². The van der Waals surface area contributed by atoms with Crippen LogP contribution < -0.4 is 0 Å². The molecule has 1 saturated carbocycles. The van der Waals surface area contributed by atoms with E-state index in [1.807, 2.05) is 0 Å². The molecule has 2 heteroatoms. The molecule has 0 aromatic carbocycles. The Morgan fingerprint density at radius 3 is 2.67 bits per heavy atom. The summed E-state index contributed by atoms with van der Waals surface area (Å²) >= 11 is 0. The van der Waals surface area contributed by atoms with Gasteiger partial charge in [-0.1, -0.05) is 6.92 Å². The molecule has 0 amide bonds. The van der Waals surface area contributed by atoms with Gasteiger partial charge in [0.05, 0.1) is 6.07 Å². The zero-order valence-electron chi connectivity index (χ0n) is 10.00. The molecule has 2 atom stereocenters. The van der Waals surface area contributed by atoms with Crippen molar-refractivity contribution in [3.63, 3.8) is 0 Å². The van der Waals surface area contributed by atoms with E-state index in [4.69, 9.17) is 5.26 Å². The molecule has 2 fully saturated rings. The van der Waals surface area contributed by atoms with Gasteiger partial charge in [-0.3, -0.25) is 4.90 Å². The summed E-state index contributed by atoms with van der Waals surface area (Å²) in [6.45, 7) is 5.82. The second-order valence-corrected chi connectivity index (χ2v) is 5.50. The summed E-state index contributed by atoms with van der Waals surface area (Å²) in [7, 11) is 0. The van der Waals surface area contributed by atoms with Gasteiger partial charge in [0.1, 0.15) is 0 Å². The lowest BCUT2D eigenvalue weighted by Crippen LogP contribution is -2.38. The van der Waals surface area contributed by atoms with Gasteiger partial charge in [-0.05, 0) is 44.4 Å². The van der Waals surface area contributed by atoms with E-state index in [2.05, 4.69) is 24.8 Å². The van der Waals surface area contributed by atoms with E-state index in [9.17, 15) is 0 Å². The molecule has 2 aliphatic rings. The van der Waals surface area contributed by atoms with Gasteiger partial charge in [0.15, 0.2) is 0 Å². The average Bonchev–Trinajstić information content (AvgIpc) is 2.89. The summed E-state index contributed by atoms with van der Waals surface area (Å²) in [4.78, 5) is 2.67. The van der Waals surface area contributed by atoms with Gasteiger partial charge in [0.2, 0.25) is 0 Å². The quantitative estimate of drug-likeness (QED) is 0.707. The molecule has 0 spiro atoms. The SMILES string of the molecule is CCC1CCC(C)N1CC1(CC#N)CC1. The van der Waals surface area contributed by atoms with Crippen LogP contribution in [0.15, 0.2) is 0 Å². The van der Waals surface area contributed by atoms with Crippen molar-refractivity contribution in [3.05, 3.63) is 0 Å². The first-order chi connectivity index (χ1) is 7.21. The zero-order valence-corrected chi connectivity index (χ0v) is 10.00. The number of nitrogens with zero attached hydrogens (tertiary/aromatic N) is 2. The van der Waals surface area contributed by atoms with Crippen LogP contribution in [0.3, 0.4) is 0 Å². The Hall–Kier alpha value is -0.550. The number of nitriles is 1. The first-order valence-electron chi connectivity index (χ1n) is 6.33. The molecular weight excluding hydrogens is 184 g/mol. The smallest absolute Gasteiger partial charge is 0.0628 e. The van der Waals surface area contributed by atoms with Crippen LogP contribution in [-0.2, 0) is 0 Å². The maximum Gasteiger partial charge on any atom is 0.0628 e. The summed E-state index contributed by atoms with van der Waals surface area (Å²) in [5, 5.41) is 8.84. The van der Waals surface area contributed by atoms with Gasteiger partial charge in [-0.2, -0.15) is 5.26 Å². The lowest BCUT2D eigenvalue weighted by atomic mass is 10.0. The van der Waals surface area contributed by atoms with Crippen LogP contribution in [0, 0.1) is 16.7 Å². The van der Waals surface area contributed by atoms with Crippen LogP contribution in [0.2, 0.25) is 0 Å². The molecule has 2 rings (SSSR count). The molecule has 0 radical (unpaired) electrons. The van der Waals surface area contributed by atoms with Crippen molar-refractivity contribution in [3.8, 4) is 6.07 Å². The van der Waals surface area contributed by atoms with E-state index in [0.29, 0.717) is 5.41 Å². The van der Waals surface area contributed by atoms with E-state index >= 15 is 0 Å². The number of rotatable bonds is 4. The molecule has 0 aromatic rings. The molecular formula is C13H22N2. The lowest BCUT2D eigenvalue weighted by molar-refractivity contribution is 0.159. The third kappa shape index (κ3) is 2.18. The molecule has 15 heavy (non-hydrogen) atoms. The minimum Gasteiger partial charge on any atom is -0.297 e. The third-order valence-electron chi connectivity index (χ3n) is 4.35. The van der Waals surface area contributed by atoms with E-state index in [1.165, 1.54) is 38.6 Å². The van der Waals surface area contributed by atoms with Crippen molar-refractivity contribution >= 4 is 0 Å². The van der Waals surface area contributed by atoms with Gasteiger partial charge in [0.25, 0.3) is 0 Å². The predicted octanol–water partition coefficient (Wildman–Crippen LogP) is 2.94. The normalized spacial score (nSPS) is 33.9. The Kier molecular flexibility index (Phi) is 3.02. The summed E-state index contributed by atoms with van der Waals surface area (Å²) in [6.07, 6.45) is 7.31. The fourth-order valence-corrected chi connectivity index (χ4v) is 2.97. The summed E-state index contributed by atoms with van der Waals surface area (Å²) in [5.41, 5.74) is 0.390. The Labute approximate surface area is 93.3 Å². The van der Waals surface area contributed by atoms with Crippen molar-refractivity contribution in [2.75, 3.05) is 6.54 Å². The molecule has 1 saturated heterocycles. The Bertz CT molecular complexity index is 262. The summed E-state index contributed by atoms with van der Waals surface area (Å²) in [5.74, 6) is 0. The van der Waals surface area contributed by atoms with Crippen LogP contribution in [-0.4, -0.2) is 23.5 Å². The Balaban J connectivity index is 1.95. The molecule has 1 aliphatic heterocycles. The monoisotopic (exact) mass is 206 g/mol. The second kappa shape index (κ2) is 4.14. The molecule has 84 valence electrons. The fourth-order valence-electron chi connectivity index (χ4n) is 2.97. The van der Waals surface area contributed by atoms with Crippen molar-refractivity contribution in [1.82, 2.24) is 4.90 Å². The number of hydrogen-bond acceptors (Lipinski definition) is 2. The molecule has 0 aromatic heterocycles. The Morgan fingerprint density at radius 1 is 1.40 bits per heavy atom. The first kappa shape index (κ1) is 11.0. The summed E-state index contributed by atoms with van der Waals surface area (Å²) < 4.78 is 0. The third-order valence-corrected chi connectivity index (χ3v) is 4.35. The van der Waals surface area contributed by atoms with Crippen LogP contribution in [0.1, 0.15) is 52.4 Å². The van der Waals surface area contributed by atoms with Gasteiger partial charge in [0, 0.05) is 25.0 Å². The summed E-state index contributed by atoms with van der Waals surface area (Å²) in [6, 6.07) is 3.90. The minimum absolute atomic E-state index is 0.390. The maximum atomic E-state index is 8.84. The van der Waals surface area contributed by atoms with Crippen molar-refractivity contribution in [1.29, 1.82) is 5.26 Å². The number of likely N-dealkylation sites (tertiary alicyclic amines) is 1. The van der Waals surface area contributed by atoms with Crippen molar-refractivity contribution in [2.45, 2.75) is 64.5 Å². The maximum absolute atomic E-state index is 8.84. The van der Waals surface area contributed by atoms with E-state index in [1.54, 1.807) is 0 Å². The molecule has 1 aliphatic carbocycles. The van der Waals surface area contributed by atoms with E-state index in [-0.39, 0.29) is 0 Å². The highest BCUT2D eigenvalue weighted by molar-refractivity contribution is 5.03. The largest absolute Gasteiger partial charge is 0.297 e. The highest BCUT2D eigenvalue weighted by Gasteiger charge is 2.46. The fraction of sp³-hybridized carbons (Fsp3) is 0.923. The molecule has 2 unspecified atom stereocenters. The standard InChI is InChI=1S/C13H22N2/c1-3-12-5-4-11(2)15(12)10-13(6-7-13)8-9-14/h11-12H,3-8,10H2,1-2H3. The minimum atomic E-state index is 0.390. The Morgan fingerprint density at radius 2 is 2.13 bits per heavy atom.